The van der Waals surface area contributed by atoms with E-state index in [1.807, 2.05) is 37.3 Å². The van der Waals surface area contributed by atoms with E-state index in [-0.39, 0.29) is 18.0 Å². The van der Waals surface area contributed by atoms with Crippen LogP contribution in [0.4, 0.5) is 0 Å². The lowest BCUT2D eigenvalue weighted by atomic mass is 10.2. The highest BCUT2D eigenvalue weighted by molar-refractivity contribution is 7.89. The molecule has 0 saturated carbocycles. The van der Waals surface area contributed by atoms with Crippen molar-refractivity contribution in [3.8, 4) is 0 Å². The standard InChI is InChI=1S/C17H19NO4S/c1-14-8-10-16(11-9-14)23(20,21)18(13-17(19)22-2)12-15-6-4-3-5-7-15/h3-11H,12-13H2,1-2H3. The maximum absolute atomic E-state index is 12.8. The van der Waals surface area contributed by atoms with Crippen molar-refractivity contribution in [3.05, 3.63) is 65.7 Å². The predicted octanol–water partition coefficient (Wildman–Crippen LogP) is 2.36. The van der Waals surface area contributed by atoms with Gasteiger partial charge >= 0.3 is 5.97 Å². The van der Waals surface area contributed by atoms with Crippen molar-refractivity contribution in [1.29, 1.82) is 0 Å². The number of carbonyl (C=O) groups excluding carboxylic acids is 1. The molecule has 0 saturated heterocycles. The molecule has 2 rings (SSSR count). The van der Waals surface area contributed by atoms with Crippen LogP contribution in [0.5, 0.6) is 0 Å². The van der Waals surface area contributed by atoms with Gasteiger partial charge in [0.25, 0.3) is 0 Å². The maximum Gasteiger partial charge on any atom is 0.321 e. The molecule has 122 valence electrons. The molecule has 0 aliphatic heterocycles. The lowest BCUT2D eigenvalue weighted by Gasteiger charge is -2.21. The van der Waals surface area contributed by atoms with Crippen LogP contribution in [0.3, 0.4) is 0 Å². The van der Waals surface area contributed by atoms with Crippen LogP contribution >= 0.6 is 0 Å². The summed E-state index contributed by atoms with van der Waals surface area (Å²) in [6.45, 7) is 1.65. The number of methoxy groups -OCH3 is 1. The molecule has 0 N–H and O–H groups in total. The van der Waals surface area contributed by atoms with E-state index in [0.29, 0.717) is 0 Å². The van der Waals surface area contributed by atoms with Gasteiger partial charge < -0.3 is 4.74 Å². The zero-order chi connectivity index (χ0) is 16.9. The Hall–Kier alpha value is -2.18. The zero-order valence-corrected chi connectivity index (χ0v) is 13.9. The molecule has 6 heteroatoms. The van der Waals surface area contributed by atoms with Gasteiger partial charge in [-0.2, -0.15) is 4.31 Å². The molecule has 5 nitrogen and oxygen atoms in total. The van der Waals surface area contributed by atoms with Gasteiger partial charge in [-0.05, 0) is 24.6 Å². The van der Waals surface area contributed by atoms with Gasteiger partial charge in [0, 0.05) is 6.54 Å². The molecular weight excluding hydrogens is 314 g/mol. The molecule has 0 spiro atoms. The summed E-state index contributed by atoms with van der Waals surface area (Å²) >= 11 is 0. The highest BCUT2D eigenvalue weighted by atomic mass is 32.2. The summed E-state index contributed by atoms with van der Waals surface area (Å²) in [5.74, 6) is -0.600. The van der Waals surface area contributed by atoms with E-state index in [4.69, 9.17) is 0 Å². The largest absolute Gasteiger partial charge is 0.468 e. The van der Waals surface area contributed by atoms with Crippen molar-refractivity contribution < 1.29 is 17.9 Å². The minimum atomic E-state index is -3.79. The number of carbonyl (C=O) groups is 1. The van der Waals surface area contributed by atoms with E-state index in [1.165, 1.54) is 7.11 Å². The average Bonchev–Trinajstić information content (AvgIpc) is 2.55. The lowest BCUT2D eigenvalue weighted by Crippen LogP contribution is -2.35. The van der Waals surface area contributed by atoms with Gasteiger partial charge in [-0.25, -0.2) is 8.42 Å². The van der Waals surface area contributed by atoms with Crippen molar-refractivity contribution in [2.75, 3.05) is 13.7 Å². The van der Waals surface area contributed by atoms with E-state index >= 15 is 0 Å². The minimum Gasteiger partial charge on any atom is -0.468 e. The summed E-state index contributed by atoms with van der Waals surface area (Å²) in [5, 5.41) is 0. The summed E-state index contributed by atoms with van der Waals surface area (Å²) < 4.78 is 31.4. The van der Waals surface area contributed by atoms with Crippen LogP contribution in [0.1, 0.15) is 11.1 Å². The number of nitrogens with zero attached hydrogens (tertiary/aromatic N) is 1. The van der Waals surface area contributed by atoms with Gasteiger partial charge in [0.05, 0.1) is 12.0 Å². The molecule has 0 atom stereocenters. The monoisotopic (exact) mass is 333 g/mol. The highest BCUT2D eigenvalue weighted by Gasteiger charge is 2.27. The number of hydrogen-bond acceptors (Lipinski definition) is 4. The van der Waals surface area contributed by atoms with Crippen LogP contribution in [0.25, 0.3) is 0 Å². The van der Waals surface area contributed by atoms with Gasteiger partial charge in [-0.15, -0.1) is 0 Å². The first-order valence-electron chi connectivity index (χ1n) is 7.11. The topological polar surface area (TPSA) is 63.7 Å². The van der Waals surface area contributed by atoms with Crippen LogP contribution in [0.15, 0.2) is 59.5 Å². The Morgan fingerprint density at radius 1 is 1.04 bits per heavy atom. The molecule has 0 bridgehead atoms. The molecule has 0 radical (unpaired) electrons. The molecule has 0 amide bonds. The minimum absolute atomic E-state index is 0.103. The van der Waals surface area contributed by atoms with Crippen LogP contribution in [0, 0.1) is 6.92 Å². The molecule has 0 unspecified atom stereocenters. The summed E-state index contributed by atoms with van der Waals surface area (Å²) in [6.07, 6.45) is 0. The van der Waals surface area contributed by atoms with Crippen molar-refractivity contribution >= 4 is 16.0 Å². The number of rotatable bonds is 6. The molecule has 0 aliphatic carbocycles. The maximum atomic E-state index is 12.8. The third-order valence-electron chi connectivity index (χ3n) is 3.39. The Morgan fingerprint density at radius 3 is 2.22 bits per heavy atom. The fraction of sp³-hybridized carbons (Fsp3) is 0.235. The Morgan fingerprint density at radius 2 is 1.65 bits per heavy atom. The van der Waals surface area contributed by atoms with Crippen molar-refractivity contribution in [2.24, 2.45) is 0 Å². The fourth-order valence-electron chi connectivity index (χ4n) is 2.08. The Bertz CT molecular complexity index is 755. The van der Waals surface area contributed by atoms with E-state index < -0.39 is 16.0 Å². The quantitative estimate of drug-likeness (QED) is 0.761. The number of sulfonamides is 1. The number of benzene rings is 2. The number of esters is 1. The first-order valence-corrected chi connectivity index (χ1v) is 8.55. The summed E-state index contributed by atoms with van der Waals surface area (Å²) in [5.41, 5.74) is 1.76. The SMILES string of the molecule is COC(=O)CN(Cc1ccccc1)S(=O)(=O)c1ccc(C)cc1. The van der Waals surface area contributed by atoms with Crippen LogP contribution < -0.4 is 0 Å². The van der Waals surface area contributed by atoms with Gasteiger partial charge in [0.1, 0.15) is 6.54 Å². The summed E-state index contributed by atoms with van der Waals surface area (Å²) in [7, 11) is -2.55. The number of ether oxygens (including phenoxy) is 1. The van der Waals surface area contributed by atoms with Gasteiger partial charge in [-0.3, -0.25) is 4.79 Å². The smallest absolute Gasteiger partial charge is 0.321 e. The lowest BCUT2D eigenvalue weighted by molar-refractivity contribution is -0.140. The van der Waals surface area contributed by atoms with E-state index in [2.05, 4.69) is 4.74 Å². The Kier molecular flexibility index (Phi) is 5.52. The van der Waals surface area contributed by atoms with Crippen LogP contribution in [0.2, 0.25) is 0 Å². The fourth-order valence-corrected chi connectivity index (χ4v) is 3.45. The van der Waals surface area contributed by atoms with E-state index in [1.54, 1.807) is 24.3 Å². The molecule has 23 heavy (non-hydrogen) atoms. The van der Waals surface area contributed by atoms with Crippen molar-refractivity contribution in [1.82, 2.24) is 4.31 Å². The van der Waals surface area contributed by atoms with Gasteiger partial charge in [0.15, 0.2) is 0 Å². The second-order valence-corrected chi connectivity index (χ2v) is 7.09. The van der Waals surface area contributed by atoms with E-state index in [9.17, 15) is 13.2 Å². The van der Waals surface area contributed by atoms with Crippen LogP contribution in [-0.4, -0.2) is 32.3 Å². The predicted molar refractivity (Wildman–Crippen MR) is 87.2 cm³/mol. The Labute approximate surface area is 136 Å². The molecule has 0 heterocycles. The molecular formula is C17H19NO4S. The van der Waals surface area contributed by atoms with Gasteiger partial charge in [-0.1, -0.05) is 48.0 Å². The molecule has 2 aromatic carbocycles. The second kappa shape index (κ2) is 7.39. The molecule has 0 aromatic heterocycles. The van der Waals surface area contributed by atoms with E-state index in [0.717, 1.165) is 15.4 Å². The molecule has 0 aliphatic rings. The molecule has 0 fully saturated rings. The van der Waals surface area contributed by atoms with Crippen molar-refractivity contribution in [3.63, 3.8) is 0 Å². The molecule has 2 aromatic rings. The Balaban J connectivity index is 2.35. The summed E-state index contributed by atoms with van der Waals surface area (Å²) in [4.78, 5) is 11.8. The van der Waals surface area contributed by atoms with Crippen LogP contribution in [-0.2, 0) is 26.1 Å². The third-order valence-corrected chi connectivity index (χ3v) is 5.20. The first-order chi connectivity index (χ1) is 10.9. The highest BCUT2D eigenvalue weighted by Crippen LogP contribution is 2.19. The summed E-state index contributed by atoms with van der Waals surface area (Å²) in [6, 6.07) is 15.7. The van der Waals surface area contributed by atoms with Gasteiger partial charge in [0.2, 0.25) is 10.0 Å². The number of hydrogen-bond donors (Lipinski definition) is 0. The van der Waals surface area contributed by atoms with Crippen molar-refractivity contribution in [2.45, 2.75) is 18.4 Å². The number of aryl methyl sites for hydroxylation is 1. The third kappa shape index (κ3) is 4.40. The normalized spacial score (nSPS) is 11.4. The first kappa shape index (κ1) is 17.2. The zero-order valence-electron chi connectivity index (χ0n) is 13.1. The second-order valence-electron chi connectivity index (χ2n) is 5.15. The average molecular weight is 333 g/mol.